The van der Waals surface area contributed by atoms with Crippen LogP contribution in [0.5, 0.6) is 0 Å². The maximum absolute atomic E-state index is 11.0. The Morgan fingerprint density at radius 1 is 1.54 bits per heavy atom. The molecule has 0 saturated carbocycles. The molecular weight excluding hydrogens is 174 g/mol. The summed E-state index contributed by atoms with van der Waals surface area (Å²) in [5.74, 6) is 3.30. The Morgan fingerprint density at radius 3 is 2.62 bits per heavy atom. The highest BCUT2D eigenvalue weighted by Crippen LogP contribution is 1.85. The Labute approximate surface area is 77.0 Å². The number of ether oxygens (including phenoxy) is 1. The molecule has 0 aliphatic rings. The van der Waals surface area contributed by atoms with Crippen LogP contribution in [0.25, 0.3) is 0 Å². The van der Waals surface area contributed by atoms with E-state index in [1.54, 1.807) is 5.43 Å². The lowest BCUT2D eigenvalue weighted by molar-refractivity contribution is -0.145. The predicted octanol–water partition coefficient (Wildman–Crippen LogP) is -1.53. The first kappa shape index (κ1) is 11.9. The van der Waals surface area contributed by atoms with E-state index in [-0.39, 0.29) is 0 Å². The fourth-order valence-corrected chi connectivity index (χ4v) is 0.682. The molecule has 0 aromatic carbocycles. The number of rotatable bonds is 4. The first-order valence-electron chi connectivity index (χ1n) is 3.97. The second-order valence-electron chi connectivity index (χ2n) is 2.40. The number of amides is 2. The van der Waals surface area contributed by atoms with Gasteiger partial charge in [-0.15, -0.1) is 0 Å². The van der Waals surface area contributed by atoms with Crippen LogP contribution in [0.15, 0.2) is 0 Å². The largest absolute Gasteiger partial charge is 0.380 e. The number of carbonyl (C=O) groups is 2. The van der Waals surface area contributed by atoms with Gasteiger partial charge in [0.15, 0.2) is 0 Å². The molecule has 0 aromatic heterocycles. The lowest BCUT2D eigenvalue weighted by Crippen LogP contribution is -2.44. The maximum atomic E-state index is 11.0. The van der Waals surface area contributed by atoms with Gasteiger partial charge >= 0.3 is 11.8 Å². The van der Waals surface area contributed by atoms with Crippen LogP contribution in [0.3, 0.4) is 0 Å². The molecule has 0 spiro atoms. The number of hydrogen-bond donors (Lipinski definition) is 2. The van der Waals surface area contributed by atoms with Crippen molar-refractivity contribution in [3.05, 3.63) is 0 Å². The monoisotopic (exact) mass is 189 g/mol. The van der Waals surface area contributed by atoms with Crippen molar-refractivity contribution in [2.45, 2.75) is 6.92 Å². The van der Waals surface area contributed by atoms with Gasteiger partial charge < -0.3 is 9.64 Å². The van der Waals surface area contributed by atoms with Crippen molar-refractivity contribution in [1.82, 2.24) is 10.3 Å². The predicted molar refractivity (Wildman–Crippen MR) is 46.5 cm³/mol. The zero-order valence-electron chi connectivity index (χ0n) is 7.87. The number of nitrogens with two attached hydrogens (primary N) is 1. The Balaban J connectivity index is 3.76. The molecule has 0 unspecified atom stereocenters. The van der Waals surface area contributed by atoms with Gasteiger partial charge in [-0.1, -0.05) is 0 Å². The molecule has 0 atom stereocenters. The number of carbonyl (C=O) groups excluding carboxylic acids is 2. The Bertz CT molecular complexity index is 184. The molecule has 0 aliphatic heterocycles. The third kappa shape index (κ3) is 4.44. The van der Waals surface area contributed by atoms with Gasteiger partial charge in [-0.3, -0.25) is 15.0 Å². The minimum atomic E-state index is -0.820. The molecule has 6 nitrogen and oxygen atoms in total. The van der Waals surface area contributed by atoms with E-state index >= 15 is 0 Å². The second kappa shape index (κ2) is 6.38. The summed E-state index contributed by atoms with van der Waals surface area (Å²) in [4.78, 5) is 23.0. The lowest BCUT2D eigenvalue weighted by atomic mass is 10.5. The van der Waals surface area contributed by atoms with Gasteiger partial charge in [-0.05, 0) is 6.92 Å². The third-order valence-corrected chi connectivity index (χ3v) is 1.45. The van der Waals surface area contributed by atoms with Crippen LogP contribution in [0, 0.1) is 0 Å². The summed E-state index contributed by atoms with van der Waals surface area (Å²) in [6, 6.07) is 0. The van der Waals surface area contributed by atoms with Crippen molar-refractivity contribution >= 4 is 11.8 Å². The van der Waals surface area contributed by atoms with E-state index in [0.717, 1.165) is 0 Å². The smallest absolute Gasteiger partial charge is 0.323 e. The minimum Gasteiger partial charge on any atom is -0.380 e. The Hall–Kier alpha value is -1.14. The van der Waals surface area contributed by atoms with Gasteiger partial charge in [0.2, 0.25) is 0 Å². The molecule has 3 N–H and O–H groups in total. The van der Waals surface area contributed by atoms with Gasteiger partial charge in [0.25, 0.3) is 0 Å². The van der Waals surface area contributed by atoms with Crippen LogP contribution < -0.4 is 11.3 Å². The molecule has 2 amide bonds. The fourth-order valence-electron chi connectivity index (χ4n) is 0.682. The summed E-state index contributed by atoms with van der Waals surface area (Å²) in [6.07, 6.45) is 0. The molecule has 0 bridgehead atoms. The van der Waals surface area contributed by atoms with E-state index in [9.17, 15) is 9.59 Å². The summed E-state index contributed by atoms with van der Waals surface area (Å²) in [7, 11) is 1.51. The molecule has 6 heteroatoms. The van der Waals surface area contributed by atoms with Crippen molar-refractivity contribution in [1.29, 1.82) is 0 Å². The van der Waals surface area contributed by atoms with E-state index in [0.29, 0.717) is 19.8 Å². The summed E-state index contributed by atoms with van der Waals surface area (Å²) in [5, 5.41) is 0. The highest BCUT2D eigenvalue weighted by Gasteiger charge is 2.16. The Kier molecular flexibility index (Phi) is 5.82. The molecule has 0 radical (unpaired) electrons. The normalized spacial score (nSPS) is 9.46. The second-order valence-corrected chi connectivity index (χ2v) is 2.40. The van der Waals surface area contributed by atoms with Gasteiger partial charge in [-0.25, -0.2) is 5.84 Å². The SMILES string of the molecule is CCOCCN(C)C(=O)C(=O)NN. The van der Waals surface area contributed by atoms with Crippen molar-refractivity contribution in [2.75, 3.05) is 26.8 Å². The van der Waals surface area contributed by atoms with Crippen LogP contribution >= 0.6 is 0 Å². The first-order chi connectivity index (χ1) is 6.13. The highest BCUT2D eigenvalue weighted by atomic mass is 16.5. The number of nitrogens with one attached hydrogen (secondary N) is 1. The van der Waals surface area contributed by atoms with Crippen LogP contribution in [0.1, 0.15) is 6.92 Å². The van der Waals surface area contributed by atoms with Crippen LogP contribution in [-0.2, 0) is 14.3 Å². The highest BCUT2D eigenvalue weighted by molar-refractivity contribution is 6.34. The number of nitrogens with zero attached hydrogens (tertiary/aromatic N) is 1. The maximum Gasteiger partial charge on any atom is 0.323 e. The number of likely N-dealkylation sites (N-methyl/N-ethyl adjacent to an activating group) is 1. The van der Waals surface area contributed by atoms with Crippen molar-refractivity contribution < 1.29 is 14.3 Å². The van der Waals surface area contributed by atoms with Crippen LogP contribution in [0.4, 0.5) is 0 Å². The van der Waals surface area contributed by atoms with Gasteiger partial charge in [-0.2, -0.15) is 0 Å². The van der Waals surface area contributed by atoms with Gasteiger partial charge in [0, 0.05) is 20.2 Å². The molecule has 0 saturated heterocycles. The molecule has 13 heavy (non-hydrogen) atoms. The topological polar surface area (TPSA) is 84.7 Å². The van der Waals surface area contributed by atoms with Crippen LogP contribution in [-0.4, -0.2) is 43.5 Å². The molecule has 0 rings (SSSR count). The van der Waals surface area contributed by atoms with E-state index in [1.165, 1.54) is 11.9 Å². The van der Waals surface area contributed by atoms with E-state index in [1.807, 2.05) is 6.92 Å². The standard InChI is InChI=1S/C7H15N3O3/c1-3-13-5-4-10(2)7(12)6(11)9-8/h3-5,8H2,1-2H3,(H,9,11). The number of hydrogen-bond acceptors (Lipinski definition) is 4. The van der Waals surface area contributed by atoms with E-state index in [4.69, 9.17) is 10.6 Å². The average Bonchev–Trinajstić information content (AvgIpc) is 2.15. The number of hydrazine groups is 1. The summed E-state index contributed by atoms with van der Waals surface area (Å²) < 4.78 is 5.01. The quantitative estimate of drug-likeness (QED) is 0.185. The van der Waals surface area contributed by atoms with Crippen LogP contribution in [0.2, 0.25) is 0 Å². The minimum absolute atomic E-state index is 0.375. The van der Waals surface area contributed by atoms with Gasteiger partial charge in [0.1, 0.15) is 0 Å². The van der Waals surface area contributed by atoms with E-state index < -0.39 is 11.8 Å². The summed E-state index contributed by atoms with van der Waals surface area (Å²) >= 11 is 0. The molecular formula is C7H15N3O3. The molecule has 0 aliphatic carbocycles. The molecule has 0 aromatic rings. The molecule has 0 fully saturated rings. The zero-order chi connectivity index (χ0) is 10.3. The van der Waals surface area contributed by atoms with Gasteiger partial charge in [0.05, 0.1) is 6.61 Å². The average molecular weight is 189 g/mol. The lowest BCUT2D eigenvalue weighted by Gasteiger charge is -2.15. The first-order valence-corrected chi connectivity index (χ1v) is 3.97. The Morgan fingerprint density at radius 2 is 2.15 bits per heavy atom. The van der Waals surface area contributed by atoms with Crippen molar-refractivity contribution in [2.24, 2.45) is 5.84 Å². The summed E-state index contributed by atoms with van der Waals surface area (Å²) in [6.45, 7) is 3.23. The molecule has 0 heterocycles. The fraction of sp³-hybridized carbons (Fsp3) is 0.714. The van der Waals surface area contributed by atoms with E-state index in [2.05, 4.69) is 0 Å². The molecule has 76 valence electrons. The summed E-state index contributed by atoms with van der Waals surface area (Å²) in [5.41, 5.74) is 1.77. The zero-order valence-corrected chi connectivity index (χ0v) is 7.87. The third-order valence-electron chi connectivity index (χ3n) is 1.45. The van der Waals surface area contributed by atoms with Crippen molar-refractivity contribution in [3.8, 4) is 0 Å². The van der Waals surface area contributed by atoms with Crippen molar-refractivity contribution in [3.63, 3.8) is 0 Å².